The van der Waals surface area contributed by atoms with E-state index in [-0.39, 0.29) is 11.4 Å². The molecule has 30 heavy (non-hydrogen) atoms. The Balaban J connectivity index is 1.91. The number of amides is 1. The molecule has 0 saturated carbocycles. The minimum Gasteiger partial charge on any atom is -0.493 e. The molecule has 0 fully saturated rings. The van der Waals surface area contributed by atoms with Gasteiger partial charge in [0.05, 0.1) is 27.0 Å². The van der Waals surface area contributed by atoms with E-state index in [1.165, 1.54) is 21.3 Å². The van der Waals surface area contributed by atoms with Crippen LogP contribution in [0.5, 0.6) is 17.2 Å². The average molecular weight is 407 g/mol. The minimum absolute atomic E-state index is 0.0978. The zero-order chi connectivity index (χ0) is 21.7. The number of nitrogens with zero attached hydrogens (tertiary/aromatic N) is 2. The van der Waals surface area contributed by atoms with E-state index in [0.717, 1.165) is 16.6 Å². The number of hydrogen-bond donors (Lipinski definition) is 3. The standard InChI is InChI=1S/C21H21N5O4/c1-28-17-10-14(11-18(29-2)20(17)30-3)21(27)24-15-6-4-5-13(9-15)16-7-8-19(23)26(12-22)25-16/h4-12,22-23H,1-3H3,(H,24,27). The Morgan fingerprint density at radius 1 is 1.03 bits per heavy atom. The summed E-state index contributed by atoms with van der Waals surface area (Å²) in [7, 11) is 4.46. The molecule has 0 unspecified atom stereocenters. The molecule has 1 aromatic heterocycles. The summed E-state index contributed by atoms with van der Waals surface area (Å²) in [4.78, 5) is 12.8. The Hall–Kier alpha value is -4.14. The highest BCUT2D eigenvalue weighted by atomic mass is 16.5. The second kappa shape index (κ2) is 8.91. The normalized spacial score (nSPS) is 10.2. The Morgan fingerprint density at radius 2 is 1.73 bits per heavy atom. The van der Waals surface area contributed by atoms with Gasteiger partial charge in [-0.2, -0.15) is 5.10 Å². The summed E-state index contributed by atoms with van der Waals surface area (Å²) in [6.07, 6.45) is 0.960. The lowest BCUT2D eigenvalue weighted by molar-refractivity contribution is 0.102. The molecule has 9 nitrogen and oxygen atoms in total. The first kappa shape index (κ1) is 20.6. The first-order valence-corrected chi connectivity index (χ1v) is 8.87. The largest absolute Gasteiger partial charge is 0.493 e. The maximum absolute atomic E-state index is 12.8. The van der Waals surface area contributed by atoms with Crippen molar-refractivity contribution in [2.24, 2.45) is 0 Å². The Labute approximate surface area is 172 Å². The molecule has 1 amide bonds. The molecule has 2 aromatic carbocycles. The van der Waals surface area contributed by atoms with Crippen molar-refractivity contribution in [2.75, 3.05) is 26.6 Å². The first-order chi connectivity index (χ1) is 14.5. The van der Waals surface area contributed by atoms with Gasteiger partial charge in [0.2, 0.25) is 5.75 Å². The van der Waals surface area contributed by atoms with Crippen LogP contribution in [0.15, 0.2) is 48.5 Å². The molecule has 3 N–H and O–H groups in total. The van der Waals surface area contributed by atoms with Crippen LogP contribution in [-0.4, -0.2) is 43.4 Å². The Kier molecular flexibility index (Phi) is 6.11. The van der Waals surface area contributed by atoms with Crippen molar-refractivity contribution >= 4 is 17.9 Å². The van der Waals surface area contributed by atoms with Crippen LogP contribution in [0.3, 0.4) is 0 Å². The number of rotatable bonds is 7. The van der Waals surface area contributed by atoms with Crippen LogP contribution < -0.4 is 25.0 Å². The highest BCUT2D eigenvalue weighted by molar-refractivity contribution is 6.05. The lowest BCUT2D eigenvalue weighted by Crippen LogP contribution is -2.21. The number of nitrogens with one attached hydrogen (secondary N) is 3. The van der Waals surface area contributed by atoms with Crippen LogP contribution in [0.25, 0.3) is 11.3 Å². The molecule has 0 aliphatic heterocycles. The summed E-state index contributed by atoms with van der Waals surface area (Å²) in [5.41, 5.74) is 2.30. The number of hydrogen-bond acceptors (Lipinski definition) is 7. The maximum atomic E-state index is 12.8. The fourth-order valence-electron chi connectivity index (χ4n) is 2.86. The molecule has 0 bridgehead atoms. The number of benzene rings is 2. The zero-order valence-electron chi connectivity index (χ0n) is 16.7. The number of carbonyl (C=O) groups excluding carboxylic acids is 1. The molecule has 0 atom stereocenters. The molecular weight excluding hydrogens is 386 g/mol. The average Bonchev–Trinajstić information content (AvgIpc) is 2.78. The minimum atomic E-state index is -0.351. The smallest absolute Gasteiger partial charge is 0.255 e. The van der Waals surface area contributed by atoms with Gasteiger partial charge in [0.25, 0.3) is 5.91 Å². The van der Waals surface area contributed by atoms with Gasteiger partial charge >= 0.3 is 0 Å². The molecule has 3 aromatic rings. The van der Waals surface area contributed by atoms with Crippen molar-refractivity contribution in [2.45, 2.75) is 0 Å². The highest BCUT2D eigenvalue weighted by Crippen LogP contribution is 2.38. The van der Waals surface area contributed by atoms with Crippen LogP contribution in [-0.2, 0) is 0 Å². The van der Waals surface area contributed by atoms with E-state index in [9.17, 15) is 4.79 Å². The number of carbonyl (C=O) groups is 1. The van der Waals surface area contributed by atoms with Crippen LogP contribution in [0.1, 0.15) is 10.4 Å². The van der Waals surface area contributed by atoms with E-state index in [0.29, 0.717) is 34.2 Å². The highest BCUT2D eigenvalue weighted by Gasteiger charge is 2.17. The molecule has 0 radical (unpaired) electrons. The fraction of sp³-hybridized carbons (Fsp3) is 0.143. The summed E-state index contributed by atoms with van der Waals surface area (Å²) in [6, 6.07) is 13.5. The quantitative estimate of drug-likeness (QED) is 0.411. The zero-order valence-corrected chi connectivity index (χ0v) is 16.7. The molecule has 9 heteroatoms. The molecule has 0 aliphatic rings. The maximum Gasteiger partial charge on any atom is 0.255 e. The number of anilines is 1. The van der Waals surface area contributed by atoms with Crippen LogP contribution in [0.4, 0.5) is 5.69 Å². The van der Waals surface area contributed by atoms with Crippen LogP contribution in [0, 0.1) is 10.8 Å². The van der Waals surface area contributed by atoms with Crippen LogP contribution in [0.2, 0.25) is 0 Å². The molecule has 3 rings (SSSR count). The lowest BCUT2D eigenvalue weighted by atomic mass is 10.1. The number of methoxy groups -OCH3 is 3. The third kappa shape index (κ3) is 4.14. The molecule has 0 spiro atoms. The van der Waals surface area contributed by atoms with E-state index < -0.39 is 0 Å². The van der Waals surface area contributed by atoms with Crippen molar-refractivity contribution in [1.82, 2.24) is 9.78 Å². The van der Waals surface area contributed by atoms with Gasteiger partial charge in [0, 0.05) is 16.8 Å². The third-order valence-corrected chi connectivity index (χ3v) is 4.33. The molecule has 0 saturated heterocycles. The van der Waals surface area contributed by atoms with Crippen molar-refractivity contribution in [1.29, 1.82) is 10.8 Å². The fourth-order valence-corrected chi connectivity index (χ4v) is 2.86. The number of ether oxygens (including phenoxy) is 3. The SMILES string of the molecule is COc1cc(C(=O)Nc2cccc(-c3ccc(=N)n(C=N)n3)c2)cc(OC)c1OC. The van der Waals surface area contributed by atoms with Gasteiger partial charge < -0.3 is 19.5 Å². The van der Waals surface area contributed by atoms with E-state index in [2.05, 4.69) is 10.4 Å². The van der Waals surface area contributed by atoms with Crippen molar-refractivity contribution < 1.29 is 19.0 Å². The van der Waals surface area contributed by atoms with Gasteiger partial charge in [-0.25, -0.2) is 4.68 Å². The van der Waals surface area contributed by atoms with Gasteiger partial charge in [-0.05, 0) is 36.4 Å². The predicted molar refractivity (Wildman–Crippen MR) is 112 cm³/mol. The summed E-state index contributed by atoms with van der Waals surface area (Å²) in [6.45, 7) is 0. The van der Waals surface area contributed by atoms with Gasteiger partial charge in [-0.15, -0.1) is 0 Å². The Morgan fingerprint density at radius 3 is 2.33 bits per heavy atom. The second-order valence-electron chi connectivity index (χ2n) is 6.13. The predicted octanol–water partition coefficient (Wildman–Crippen LogP) is 2.76. The number of aromatic nitrogens is 2. The van der Waals surface area contributed by atoms with Gasteiger partial charge in [0.1, 0.15) is 11.8 Å². The molecule has 1 heterocycles. The van der Waals surface area contributed by atoms with E-state index in [4.69, 9.17) is 25.0 Å². The summed E-state index contributed by atoms with van der Waals surface area (Å²) in [5, 5.41) is 22.1. The van der Waals surface area contributed by atoms with Crippen molar-refractivity contribution in [3.05, 3.63) is 59.6 Å². The summed E-state index contributed by atoms with van der Waals surface area (Å²) < 4.78 is 17.0. The monoisotopic (exact) mass is 407 g/mol. The first-order valence-electron chi connectivity index (χ1n) is 8.87. The van der Waals surface area contributed by atoms with Crippen LogP contribution >= 0.6 is 0 Å². The van der Waals surface area contributed by atoms with E-state index in [1.807, 2.05) is 6.07 Å². The lowest BCUT2D eigenvalue weighted by Gasteiger charge is -2.14. The third-order valence-electron chi connectivity index (χ3n) is 4.33. The molecule has 0 aliphatic carbocycles. The van der Waals surface area contributed by atoms with Gasteiger partial charge in [0.15, 0.2) is 11.5 Å². The van der Waals surface area contributed by atoms with E-state index in [1.54, 1.807) is 42.5 Å². The molecule has 154 valence electrons. The topological polar surface area (TPSA) is 122 Å². The summed E-state index contributed by atoms with van der Waals surface area (Å²) in [5.74, 6) is 0.815. The van der Waals surface area contributed by atoms with Gasteiger partial charge in [-0.3, -0.25) is 15.6 Å². The Bertz CT molecular complexity index is 1130. The van der Waals surface area contributed by atoms with Gasteiger partial charge in [-0.1, -0.05) is 12.1 Å². The second-order valence-corrected chi connectivity index (χ2v) is 6.13. The van der Waals surface area contributed by atoms with Crippen molar-refractivity contribution in [3.8, 4) is 28.5 Å². The summed E-state index contributed by atoms with van der Waals surface area (Å²) >= 11 is 0. The van der Waals surface area contributed by atoms with Crippen molar-refractivity contribution in [3.63, 3.8) is 0 Å². The van der Waals surface area contributed by atoms with E-state index >= 15 is 0 Å². The molecular formula is C21H21N5O4.